The molecular weight excluding hydrogens is 436 g/mol. The Labute approximate surface area is 184 Å². The van der Waals surface area contributed by atoms with Crippen LogP contribution in [-0.2, 0) is 35.5 Å². The van der Waals surface area contributed by atoms with Gasteiger partial charge in [-0.2, -0.15) is 4.31 Å². The summed E-state index contributed by atoms with van der Waals surface area (Å²) in [5.41, 5.74) is -0.596. The third-order valence-corrected chi connectivity index (χ3v) is 7.47. The highest BCUT2D eigenvalue weighted by Crippen LogP contribution is 2.22. The summed E-state index contributed by atoms with van der Waals surface area (Å²) in [6, 6.07) is 5.96. The fraction of sp³-hybridized carbons (Fsp3) is 0.400. The van der Waals surface area contributed by atoms with E-state index in [2.05, 4.69) is 10.3 Å². The minimum Gasteiger partial charge on any atom is -0.328 e. The second kappa shape index (κ2) is 8.36. The first-order valence-corrected chi connectivity index (χ1v) is 11.6. The van der Waals surface area contributed by atoms with E-state index in [-0.39, 0.29) is 21.7 Å². The maximum Gasteiger partial charge on any atom is 0.332 e. The first-order chi connectivity index (χ1) is 15.2. The van der Waals surface area contributed by atoms with Gasteiger partial charge >= 0.3 is 5.69 Å². The largest absolute Gasteiger partial charge is 0.332 e. The highest BCUT2D eigenvalue weighted by molar-refractivity contribution is 7.89. The third-order valence-electron chi connectivity index (χ3n) is 5.57. The average molecular weight is 461 g/mol. The van der Waals surface area contributed by atoms with Crippen LogP contribution < -0.4 is 16.6 Å². The molecule has 1 N–H and O–H groups in total. The van der Waals surface area contributed by atoms with Gasteiger partial charge in [0.05, 0.1) is 11.2 Å². The Kier molecular flexibility index (Phi) is 5.73. The van der Waals surface area contributed by atoms with Crippen molar-refractivity contribution in [3.63, 3.8) is 0 Å². The lowest BCUT2D eigenvalue weighted by atomic mass is 10.2. The molecule has 0 atom stereocenters. The van der Waals surface area contributed by atoms with E-state index in [4.69, 9.17) is 0 Å². The summed E-state index contributed by atoms with van der Waals surface area (Å²) < 4.78 is 30.7. The molecule has 32 heavy (non-hydrogen) atoms. The maximum absolute atomic E-state index is 12.9. The Morgan fingerprint density at radius 1 is 1.12 bits per heavy atom. The van der Waals surface area contributed by atoms with Crippen molar-refractivity contribution in [3.05, 3.63) is 51.4 Å². The van der Waals surface area contributed by atoms with Crippen LogP contribution in [0.2, 0.25) is 0 Å². The number of aromatic nitrogens is 4. The Morgan fingerprint density at radius 2 is 1.84 bits per heavy atom. The van der Waals surface area contributed by atoms with Crippen LogP contribution in [0.5, 0.6) is 0 Å². The second-order valence-corrected chi connectivity index (χ2v) is 9.74. The van der Waals surface area contributed by atoms with Gasteiger partial charge in [0, 0.05) is 32.9 Å². The number of carbonyl (C=O) groups excluding carboxylic acids is 1. The monoisotopic (exact) mass is 460 g/mol. The molecule has 170 valence electrons. The van der Waals surface area contributed by atoms with Crippen LogP contribution in [-0.4, -0.2) is 50.4 Å². The molecule has 1 fully saturated rings. The zero-order valence-electron chi connectivity index (χ0n) is 17.8. The van der Waals surface area contributed by atoms with Gasteiger partial charge in [0.25, 0.3) is 5.56 Å². The first kappa shape index (κ1) is 22.0. The summed E-state index contributed by atoms with van der Waals surface area (Å²) in [4.78, 5) is 42.1. The van der Waals surface area contributed by atoms with Gasteiger partial charge in [-0.15, -0.1) is 0 Å². The van der Waals surface area contributed by atoms with Crippen molar-refractivity contribution < 1.29 is 13.2 Å². The van der Waals surface area contributed by atoms with Crippen LogP contribution in [0, 0.1) is 0 Å². The van der Waals surface area contributed by atoms with Gasteiger partial charge in [0.2, 0.25) is 15.9 Å². The minimum atomic E-state index is -3.66. The molecule has 0 bridgehead atoms. The molecule has 2 aromatic heterocycles. The fourth-order valence-electron chi connectivity index (χ4n) is 3.87. The predicted molar refractivity (Wildman–Crippen MR) is 118 cm³/mol. The molecule has 1 saturated heterocycles. The van der Waals surface area contributed by atoms with Crippen LogP contribution in [0.25, 0.3) is 11.2 Å². The van der Waals surface area contributed by atoms with Crippen LogP contribution in [0.3, 0.4) is 0 Å². The molecule has 0 aliphatic carbocycles. The molecule has 3 aromatic rings. The number of hydrogen-bond donors (Lipinski definition) is 1. The lowest BCUT2D eigenvalue weighted by Crippen LogP contribution is -2.42. The summed E-state index contributed by atoms with van der Waals surface area (Å²) in [6.45, 7) is 0.430. The average Bonchev–Trinajstić information content (AvgIpc) is 3.17. The molecule has 12 heteroatoms. The number of carbonyl (C=O) groups is 1. The van der Waals surface area contributed by atoms with Crippen molar-refractivity contribution >= 4 is 32.8 Å². The van der Waals surface area contributed by atoms with Crippen LogP contribution in [0.1, 0.15) is 19.3 Å². The number of nitrogens with zero attached hydrogens (tertiary/aromatic N) is 5. The predicted octanol–water partition coefficient (Wildman–Crippen LogP) is 0.247. The smallest absolute Gasteiger partial charge is 0.328 e. The molecule has 0 spiro atoms. The Hall–Kier alpha value is -3.25. The van der Waals surface area contributed by atoms with E-state index in [0.29, 0.717) is 13.1 Å². The summed E-state index contributed by atoms with van der Waals surface area (Å²) in [6.07, 6.45) is 4.07. The summed E-state index contributed by atoms with van der Waals surface area (Å²) in [7, 11) is -0.560. The van der Waals surface area contributed by atoms with Crippen molar-refractivity contribution in [2.24, 2.45) is 14.1 Å². The Balaban J connectivity index is 1.58. The van der Waals surface area contributed by atoms with E-state index in [1.54, 1.807) is 19.2 Å². The molecule has 0 radical (unpaired) electrons. The highest BCUT2D eigenvalue weighted by atomic mass is 32.2. The highest BCUT2D eigenvalue weighted by Gasteiger charge is 2.26. The number of piperidine rings is 1. The Bertz CT molecular complexity index is 1410. The quantitative estimate of drug-likeness (QED) is 0.581. The molecule has 0 unspecified atom stereocenters. The zero-order chi connectivity index (χ0) is 23.0. The SMILES string of the molecule is Cn1cnc2c1c(=O)n(CC(=O)Nc1cccc(S(=O)(=O)N3CCCCC3)c1)c(=O)n2C. The van der Waals surface area contributed by atoms with Gasteiger partial charge in [-0.25, -0.2) is 22.8 Å². The summed E-state index contributed by atoms with van der Waals surface area (Å²) >= 11 is 0. The van der Waals surface area contributed by atoms with E-state index in [9.17, 15) is 22.8 Å². The Morgan fingerprint density at radius 3 is 2.56 bits per heavy atom. The number of rotatable bonds is 5. The molecule has 1 aliphatic heterocycles. The van der Waals surface area contributed by atoms with E-state index < -0.39 is 33.7 Å². The van der Waals surface area contributed by atoms with E-state index >= 15 is 0 Å². The summed E-state index contributed by atoms with van der Waals surface area (Å²) in [5.74, 6) is -0.627. The molecule has 1 amide bonds. The van der Waals surface area contributed by atoms with Gasteiger partial charge in [0.15, 0.2) is 11.2 Å². The van der Waals surface area contributed by atoms with Crippen LogP contribution in [0.4, 0.5) is 5.69 Å². The third kappa shape index (κ3) is 3.86. The topological polar surface area (TPSA) is 128 Å². The van der Waals surface area contributed by atoms with Crippen molar-refractivity contribution in [1.29, 1.82) is 0 Å². The fourth-order valence-corrected chi connectivity index (χ4v) is 5.43. The minimum absolute atomic E-state index is 0.0848. The van der Waals surface area contributed by atoms with Crippen molar-refractivity contribution in [3.8, 4) is 0 Å². The number of amides is 1. The normalized spacial score (nSPS) is 15.2. The molecule has 3 heterocycles. The van der Waals surface area contributed by atoms with Gasteiger partial charge in [0.1, 0.15) is 6.54 Å². The number of fused-ring (bicyclic) bond motifs is 1. The van der Waals surface area contributed by atoms with Gasteiger partial charge in [-0.05, 0) is 31.0 Å². The molecule has 11 nitrogen and oxygen atoms in total. The van der Waals surface area contributed by atoms with E-state index in [1.165, 1.54) is 38.9 Å². The van der Waals surface area contributed by atoms with Gasteiger partial charge < -0.3 is 9.88 Å². The van der Waals surface area contributed by atoms with E-state index in [1.807, 2.05) is 0 Å². The van der Waals surface area contributed by atoms with Gasteiger partial charge in [-0.1, -0.05) is 12.5 Å². The van der Waals surface area contributed by atoms with Crippen molar-refractivity contribution in [2.75, 3.05) is 18.4 Å². The van der Waals surface area contributed by atoms with Crippen LogP contribution in [0.15, 0.2) is 45.1 Å². The molecule has 0 saturated carbocycles. The number of hydrogen-bond acceptors (Lipinski definition) is 6. The number of benzene rings is 1. The van der Waals surface area contributed by atoms with Crippen LogP contribution >= 0.6 is 0 Å². The zero-order valence-corrected chi connectivity index (χ0v) is 18.6. The first-order valence-electron chi connectivity index (χ1n) is 10.2. The number of nitrogens with one attached hydrogen (secondary N) is 1. The van der Waals surface area contributed by atoms with E-state index in [0.717, 1.165) is 23.8 Å². The maximum atomic E-state index is 12.9. The molecule has 4 rings (SSSR count). The number of imidazole rings is 1. The lowest BCUT2D eigenvalue weighted by Gasteiger charge is -2.26. The second-order valence-electron chi connectivity index (χ2n) is 7.80. The van der Waals surface area contributed by atoms with Gasteiger partial charge in [-0.3, -0.25) is 14.2 Å². The standard InChI is InChI=1S/C20H24N6O5S/c1-23-13-21-18-17(23)19(28)26(20(29)24(18)2)12-16(27)22-14-7-6-8-15(11-14)32(30,31)25-9-4-3-5-10-25/h6-8,11,13H,3-5,9-10,12H2,1-2H3,(H,22,27). The molecule has 1 aromatic carbocycles. The number of anilines is 1. The van der Waals surface area contributed by atoms with Crippen molar-refractivity contribution in [1.82, 2.24) is 23.0 Å². The molecular formula is C20H24N6O5S. The summed E-state index contributed by atoms with van der Waals surface area (Å²) in [5, 5.41) is 2.58. The molecule has 1 aliphatic rings. The number of aryl methyl sites for hydroxylation is 2. The number of sulfonamides is 1. The van der Waals surface area contributed by atoms with Crippen molar-refractivity contribution in [2.45, 2.75) is 30.7 Å². The lowest BCUT2D eigenvalue weighted by molar-refractivity contribution is -0.116.